The van der Waals surface area contributed by atoms with Gasteiger partial charge < -0.3 is 24.2 Å². The first-order valence-corrected chi connectivity index (χ1v) is 7.44. The number of ether oxygens (including phenoxy) is 1. The lowest BCUT2D eigenvalue weighted by atomic mass is 10.2. The summed E-state index contributed by atoms with van der Waals surface area (Å²) in [5.74, 6) is -0.434. The second-order valence-electron chi connectivity index (χ2n) is 5.61. The first kappa shape index (κ1) is 17.2. The molecule has 0 radical (unpaired) electrons. The summed E-state index contributed by atoms with van der Waals surface area (Å²) in [6, 6.07) is 0. The Bertz CT molecular complexity index is 586. The molecule has 0 saturated heterocycles. The van der Waals surface area contributed by atoms with E-state index in [2.05, 4.69) is 4.98 Å². The van der Waals surface area contributed by atoms with Gasteiger partial charge in [0.05, 0.1) is 12.9 Å². The Hall–Kier alpha value is -2.13. The molecule has 2 rings (SSSR count). The number of hydrogen-bond acceptors (Lipinski definition) is 7. The van der Waals surface area contributed by atoms with Crippen LogP contribution in [0.5, 0.6) is 0 Å². The number of rotatable bonds is 6. The van der Waals surface area contributed by atoms with Crippen LogP contribution in [-0.4, -0.2) is 83.5 Å². The minimum Gasteiger partial charge on any atom is -0.465 e. The minimum atomic E-state index is -1.08. The maximum atomic E-state index is 12.7. The summed E-state index contributed by atoms with van der Waals surface area (Å²) in [5.41, 5.74) is 0.282. The molecule has 0 aromatic carbocycles. The average molecular weight is 325 g/mol. The van der Waals surface area contributed by atoms with Crippen LogP contribution < -0.4 is 4.90 Å². The van der Waals surface area contributed by atoms with E-state index in [4.69, 9.17) is 4.74 Å². The fraction of sp³-hybridized carbons (Fsp3) is 0.643. The van der Waals surface area contributed by atoms with Gasteiger partial charge in [0.1, 0.15) is 6.54 Å². The fourth-order valence-electron chi connectivity index (χ4n) is 2.40. The van der Waals surface area contributed by atoms with Gasteiger partial charge in [-0.25, -0.2) is 4.98 Å². The molecule has 1 aliphatic heterocycles. The van der Waals surface area contributed by atoms with Crippen LogP contribution in [0.3, 0.4) is 0 Å². The van der Waals surface area contributed by atoms with E-state index < -0.39 is 12.3 Å². The van der Waals surface area contributed by atoms with Gasteiger partial charge in [-0.2, -0.15) is 0 Å². The SMILES string of the molecule is CCOC(=O)Cn1cnc2c1C(=O)N(CCN(C)C)C(O)N2C. The lowest BCUT2D eigenvalue weighted by molar-refractivity contribution is -0.143. The minimum absolute atomic E-state index is 0.0899. The molecule has 0 fully saturated rings. The Morgan fingerprint density at radius 3 is 2.78 bits per heavy atom. The summed E-state index contributed by atoms with van der Waals surface area (Å²) < 4.78 is 6.37. The van der Waals surface area contributed by atoms with E-state index >= 15 is 0 Å². The zero-order valence-corrected chi connectivity index (χ0v) is 13.9. The molecule has 0 bridgehead atoms. The molecule has 1 unspecified atom stereocenters. The number of nitrogens with zero attached hydrogens (tertiary/aromatic N) is 5. The van der Waals surface area contributed by atoms with Gasteiger partial charge in [-0.15, -0.1) is 0 Å². The lowest BCUT2D eigenvalue weighted by Crippen LogP contribution is -2.55. The molecule has 1 atom stereocenters. The van der Waals surface area contributed by atoms with Crippen LogP contribution in [0, 0.1) is 0 Å². The summed E-state index contributed by atoms with van der Waals surface area (Å²) in [4.78, 5) is 33.3. The van der Waals surface area contributed by atoms with Gasteiger partial charge in [0, 0.05) is 20.1 Å². The van der Waals surface area contributed by atoms with Crippen molar-refractivity contribution in [1.82, 2.24) is 19.4 Å². The predicted molar refractivity (Wildman–Crippen MR) is 82.9 cm³/mol. The summed E-state index contributed by atoms with van der Waals surface area (Å²) >= 11 is 0. The van der Waals surface area contributed by atoms with Crippen molar-refractivity contribution < 1.29 is 19.4 Å². The van der Waals surface area contributed by atoms with Gasteiger partial charge in [0.25, 0.3) is 5.91 Å². The first-order valence-electron chi connectivity index (χ1n) is 7.44. The number of aliphatic hydroxyl groups is 1. The van der Waals surface area contributed by atoms with Crippen LogP contribution in [0.2, 0.25) is 0 Å². The van der Waals surface area contributed by atoms with E-state index in [-0.39, 0.29) is 24.8 Å². The van der Waals surface area contributed by atoms with E-state index in [0.717, 1.165) is 0 Å². The summed E-state index contributed by atoms with van der Waals surface area (Å²) in [7, 11) is 5.43. The highest BCUT2D eigenvalue weighted by Gasteiger charge is 2.38. The van der Waals surface area contributed by atoms with Gasteiger partial charge in [0.15, 0.2) is 11.5 Å². The third kappa shape index (κ3) is 3.45. The number of aliphatic hydroxyl groups excluding tert-OH is 1. The number of likely N-dealkylation sites (N-methyl/N-ethyl adjacent to an activating group) is 1. The smallest absolute Gasteiger partial charge is 0.326 e. The van der Waals surface area contributed by atoms with E-state index in [0.29, 0.717) is 18.9 Å². The van der Waals surface area contributed by atoms with E-state index in [1.54, 1.807) is 14.0 Å². The Labute approximate surface area is 135 Å². The van der Waals surface area contributed by atoms with Gasteiger partial charge in [-0.1, -0.05) is 0 Å². The maximum Gasteiger partial charge on any atom is 0.326 e. The van der Waals surface area contributed by atoms with Gasteiger partial charge >= 0.3 is 5.97 Å². The van der Waals surface area contributed by atoms with E-state index in [9.17, 15) is 14.7 Å². The number of esters is 1. The predicted octanol–water partition coefficient (Wildman–Crippen LogP) is -0.824. The van der Waals surface area contributed by atoms with Crippen LogP contribution in [0.1, 0.15) is 17.4 Å². The number of carbonyl (C=O) groups is 2. The molecule has 128 valence electrons. The second-order valence-corrected chi connectivity index (χ2v) is 5.61. The van der Waals surface area contributed by atoms with Crippen LogP contribution in [0.25, 0.3) is 0 Å². The zero-order valence-electron chi connectivity index (χ0n) is 13.9. The molecule has 1 N–H and O–H groups in total. The molecule has 9 heteroatoms. The van der Waals surface area contributed by atoms with Crippen molar-refractivity contribution in [3.63, 3.8) is 0 Å². The van der Waals surface area contributed by atoms with Crippen LogP contribution in [0.15, 0.2) is 6.33 Å². The third-order valence-electron chi connectivity index (χ3n) is 3.63. The number of anilines is 1. The lowest BCUT2D eigenvalue weighted by Gasteiger charge is -2.39. The van der Waals surface area contributed by atoms with Gasteiger partial charge in [-0.05, 0) is 21.0 Å². The van der Waals surface area contributed by atoms with E-state index in [1.165, 1.54) is 20.7 Å². The van der Waals surface area contributed by atoms with Crippen molar-refractivity contribution in [2.75, 3.05) is 45.7 Å². The molecule has 1 aromatic heterocycles. The molecule has 2 heterocycles. The van der Waals surface area contributed by atoms with Crippen molar-refractivity contribution >= 4 is 17.7 Å². The number of amides is 1. The third-order valence-corrected chi connectivity index (χ3v) is 3.63. The number of imidazole rings is 1. The van der Waals surface area contributed by atoms with Gasteiger partial charge in [-0.3, -0.25) is 14.5 Å². The fourth-order valence-corrected chi connectivity index (χ4v) is 2.40. The molecule has 1 aromatic rings. The molecule has 1 aliphatic rings. The first-order chi connectivity index (χ1) is 10.9. The molecule has 23 heavy (non-hydrogen) atoms. The molecule has 0 spiro atoms. The highest BCUT2D eigenvalue weighted by molar-refractivity contribution is 5.99. The molecule has 9 nitrogen and oxygen atoms in total. The summed E-state index contributed by atoms with van der Waals surface area (Å²) in [5, 5.41) is 10.3. The number of aromatic nitrogens is 2. The summed E-state index contributed by atoms with van der Waals surface area (Å²) in [6.45, 7) is 2.88. The Balaban J connectivity index is 2.27. The molecule has 1 amide bonds. The largest absolute Gasteiger partial charge is 0.465 e. The van der Waals surface area contributed by atoms with Crippen molar-refractivity contribution in [3.8, 4) is 0 Å². The average Bonchev–Trinajstić information content (AvgIpc) is 2.88. The second kappa shape index (κ2) is 6.97. The molecule has 0 saturated carbocycles. The standard InChI is InChI=1S/C14H23N5O4/c1-5-23-10(20)8-18-9-15-12-11(18)13(21)19(7-6-16(2)3)14(22)17(12)4/h9,14,22H,5-8H2,1-4H3. The zero-order chi connectivity index (χ0) is 17.1. The summed E-state index contributed by atoms with van der Waals surface area (Å²) in [6.07, 6.45) is 0.332. The van der Waals surface area contributed by atoms with Crippen LogP contribution in [0.4, 0.5) is 5.82 Å². The quantitative estimate of drug-likeness (QED) is 0.683. The Morgan fingerprint density at radius 2 is 2.17 bits per heavy atom. The maximum absolute atomic E-state index is 12.7. The normalized spacial score (nSPS) is 17.7. The highest BCUT2D eigenvalue weighted by Crippen LogP contribution is 2.27. The Morgan fingerprint density at radius 1 is 1.48 bits per heavy atom. The Kier molecular flexibility index (Phi) is 5.22. The molecular formula is C14H23N5O4. The van der Waals surface area contributed by atoms with Crippen molar-refractivity contribution in [1.29, 1.82) is 0 Å². The molecule has 0 aliphatic carbocycles. The molecular weight excluding hydrogens is 302 g/mol. The van der Waals surface area contributed by atoms with Crippen molar-refractivity contribution in [2.24, 2.45) is 0 Å². The van der Waals surface area contributed by atoms with Gasteiger partial charge in [0.2, 0.25) is 6.35 Å². The number of hydrogen-bond donors (Lipinski definition) is 1. The van der Waals surface area contributed by atoms with Crippen molar-refractivity contribution in [3.05, 3.63) is 12.0 Å². The topological polar surface area (TPSA) is 91.1 Å². The van der Waals surface area contributed by atoms with E-state index in [1.807, 2.05) is 19.0 Å². The number of carbonyl (C=O) groups excluding carboxylic acids is 2. The number of fused-ring (bicyclic) bond motifs is 1. The van der Waals surface area contributed by atoms with Crippen molar-refractivity contribution in [2.45, 2.75) is 19.8 Å². The highest BCUT2D eigenvalue weighted by atomic mass is 16.5. The van der Waals surface area contributed by atoms with Crippen LogP contribution in [-0.2, 0) is 16.1 Å². The monoisotopic (exact) mass is 325 g/mol. The van der Waals surface area contributed by atoms with Crippen LogP contribution >= 0.6 is 0 Å².